The molecule has 0 radical (unpaired) electrons. The molecule has 6 heteroatoms. The maximum Gasteiger partial charge on any atom is 0.151 e. The highest BCUT2D eigenvalue weighted by atomic mass is 79.9. The van der Waals surface area contributed by atoms with Crippen LogP contribution in [-0.4, -0.2) is 29.5 Å². The van der Waals surface area contributed by atoms with Crippen molar-refractivity contribution in [2.45, 2.75) is 13.8 Å². The van der Waals surface area contributed by atoms with E-state index in [0.717, 1.165) is 16.5 Å². The van der Waals surface area contributed by atoms with Crippen LogP contribution in [0.1, 0.15) is 24.2 Å². The molecule has 0 saturated heterocycles. The van der Waals surface area contributed by atoms with Crippen molar-refractivity contribution in [2.75, 3.05) is 13.2 Å². The fraction of sp³-hybridized carbons (Fsp3) is 0.267. The van der Waals surface area contributed by atoms with Gasteiger partial charge in [-0.05, 0) is 41.9 Å². The van der Waals surface area contributed by atoms with Crippen LogP contribution in [0.5, 0.6) is 11.5 Å². The van der Waals surface area contributed by atoms with E-state index in [2.05, 4.69) is 25.9 Å². The standard InChI is InChI=1S/C8H9NO2.C7H8BrNO/c1-2-11-8-3-7(6-10)4-9-5-8;1-2-10-7-3-6(8)4-9-5-7/h3-6H,2H2,1H3;3-5H,2H2,1H3. The van der Waals surface area contributed by atoms with Gasteiger partial charge < -0.3 is 9.47 Å². The van der Waals surface area contributed by atoms with Crippen LogP contribution in [0.25, 0.3) is 0 Å². The van der Waals surface area contributed by atoms with Gasteiger partial charge in [-0.25, -0.2) is 0 Å². The van der Waals surface area contributed by atoms with Crippen molar-refractivity contribution in [3.8, 4) is 11.5 Å². The SMILES string of the molecule is CCOc1cncc(Br)c1.CCOc1cncc(C=O)c1. The number of hydrogen-bond donors (Lipinski definition) is 0. The maximum absolute atomic E-state index is 10.3. The molecule has 21 heavy (non-hydrogen) atoms. The molecule has 0 atom stereocenters. The number of ether oxygens (including phenoxy) is 2. The number of halogens is 1. The molecule has 0 N–H and O–H groups in total. The lowest BCUT2D eigenvalue weighted by Crippen LogP contribution is -1.93. The minimum absolute atomic E-state index is 0.538. The molecule has 0 saturated carbocycles. The summed E-state index contributed by atoms with van der Waals surface area (Å²) in [5.74, 6) is 1.44. The Kier molecular flexibility index (Phi) is 8.04. The van der Waals surface area contributed by atoms with Gasteiger partial charge in [0, 0.05) is 22.4 Å². The lowest BCUT2D eigenvalue weighted by molar-refractivity contribution is 0.112. The van der Waals surface area contributed by atoms with E-state index in [4.69, 9.17) is 9.47 Å². The van der Waals surface area contributed by atoms with Gasteiger partial charge >= 0.3 is 0 Å². The predicted molar refractivity (Wildman–Crippen MR) is 83.9 cm³/mol. The van der Waals surface area contributed by atoms with Crippen molar-refractivity contribution in [3.05, 3.63) is 47.0 Å². The normalized spacial score (nSPS) is 9.29. The average molecular weight is 353 g/mol. The van der Waals surface area contributed by atoms with Crippen molar-refractivity contribution < 1.29 is 14.3 Å². The molecule has 2 aromatic rings. The second-order valence-corrected chi connectivity index (χ2v) is 4.69. The Morgan fingerprint density at radius 2 is 1.57 bits per heavy atom. The van der Waals surface area contributed by atoms with Crippen LogP contribution < -0.4 is 9.47 Å². The predicted octanol–water partition coefficient (Wildman–Crippen LogP) is 3.54. The third kappa shape index (κ3) is 6.85. The van der Waals surface area contributed by atoms with Crippen LogP contribution in [-0.2, 0) is 0 Å². The monoisotopic (exact) mass is 352 g/mol. The number of aromatic nitrogens is 2. The second kappa shape index (κ2) is 9.88. The highest BCUT2D eigenvalue weighted by molar-refractivity contribution is 9.10. The van der Waals surface area contributed by atoms with Gasteiger partial charge in [-0.3, -0.25) is 14.8 Å². The Balaban J connectivity index is 0.000000211. The van der Waals surface area contributed by atoms with Gasteiger partial charge in [0.05, 0.1) is 25.6 Å². The van der Waals surface area contributed by atoms with E-state index < -0.39 is 0 Å². The summed E-state index contributed by atoms with van der Waals surface area (Å²) < 4.78 is 11.3. The molecule has 0 bridgehead atoms. The van der Waals surface area contributed by atoms with E-state index in [0.29, 0.717) is 24.5 Å². The van der Waals surface area contributed by atoms with Crippen molar-refractivity contribution in [1.29, 1.82) is 0 Å². The minimum atomic E-state index is 0.538. The first kappa shape index (κ1) is 17.1. The van der Waals surface area contributed by atoms with Crippen molar-refractivity contribution in [1.82, 2.24) is 9.97 Å². The summed E-state index contributed by atoms with van der Waals surface area (Å²) in [6.07, 6.45) is 7.23. The molecule has 0 spiro atoms. The zero-order valence-corrected chi connectivity index (χ0v) is 13.5. The Morgan fingerprint density at radius 3 is 2.10 bits per heavy atom. The fourth-order valence-electron chi connectivity index (χ4n) is 1.38. The minimum Gasteiger partial charge on any atom is -0.492 e. The van der Waals surface area contributed by atoms with Gasteiger partial charge in [0.25, 0.3) is 0 Å². The Morgan fingerprint density at radius 1 is 1.00 bits per heavy atom. The van der Waals surface area contributed by atoms with E-state index in [1.165, 1.54) is 6.20 Å². The van der Waals surface area contributed by atoms with E-state index in [1.54, 1.807) is 24.7 Å². The number of hydrogen-bond acceptors (Lipinski definition) is 5. The number of rotatable bonds is 5. The maximum atomic E-state index is 10.3. The molecule has 112 valence electrons. The van der Waals surface area contributed by atoms with E-state index in [1.807, 2.05) is 19.9 Å². The highest BCUT2D eigenvalue weighted by Crippen LogP contribution is 2.15. The number of carbonyl (C=O) groups is 1. The first-order valence-electron chi connectivity index (χ1n) is 6.46. The van der Waals surface area contributed by atoms with Gasteiger partial charge in [-0.1, -0.05) is 0 Å². The Labute approximate surface area is 132 Å². The molecule has 2 heterocycles. The van der Waals surface area contributed by atoms with Crippen LogP contribution >= 0.6 is 15.9 Å². The third-order valence-electron chi connectivity index (χ3n) is 2.17. The van der Waals surface area contributed by atoms with E-state index in [9.17, 15) is 4.79 Å². The molecule has 2 rings (SSSR count). The molecule has 0 fully saturated rings. The quantitative estimate of drug-likeness (QED) is 0.770. The number of pyridine rings is 2. The Bertz CT molecular complexity index is 564. The summed E-state index contributed by atoms with van der Waals surface area (Å²) in [7, 11) is 0. The molecule has 0 amide bonds. The summed E-state index contributed by atoms with van der Waals surface area (Å²) in [5.41, 5.74) is 0.538. The largest absolute Gasteiger partial charge is 0.492 e. The van der Waals surface area contributed by atoms with Crippen LogP contribution in [0.3, 0.4) is 0 Å². The van der Waals surface area contributed by atoms with Crippen molar-refractivity contribution in [3.63, 3.8) is 0 Å². The third-order valence-corrected chi connectivity index (χ3v) is 2.61. The fourth-order valence-corrected chi connectivity index (χ4v) is 1.73. The summed E-state index contributed by atoms with van der Waals surface area (Å²) in [6.45, 7) is 5.09. The summed E-state index contributed by atoms with van der Waals surface area (Å²) in [4.78, 5) is 18.0. The number of nitrogens with zero attached hydrogens (tertiary/aromatic N) is 2. The Hall–Kier alpha value is -1.95. The van der Waals surface area contributed by atoms with Crippen LogP contribution in [0.4, 0.5) is 0 Å². The molecular formula is C15H17BrN2O3. The molecule has 0 unspecified atom stereocenters. The summed E-state index contributed by atoms with van der Waals surface area (Å²) in [6, 6.07) is 3.54. The number of carbonyl (C=O) groups excluding carboxylic acids is 1. The molecule has 0 aliphatic carbocycles. The van der Waals surface area contributed by atoms with E-state index in [-0.39, 0.29) is 0 Å². The zero-order valence-electron chi connectivity index (χ0n) is 12.0. The topological polar surface area (TPSA) is 61.3 Å². The van der Waals surface area contributed by atoms with E-state index >= 15 is 0 Å². The van der Waals surface area contributed by atoms with Crippen LogP contribution in [0.15, 0.2) is 41.4 Å². The molecule has 5 nitrogen and oxygen atoms in total. The van der Waals surface area contributed by atoms with Gasteiger partial charge in [0.2, 0.25) is 0 Å². The molecule has 2 aromatic heterocycles. The smallest absolute Gasteiger partial charge is 0.151 e. The zero-order chi connectivity index (χ0) is 15.5. The average Bonchev–Trinajstić information content (AvgIpc) is 2.49. The number of aldehydes is 1. The van der Waals surface area contributed by atoms with Gasteiger partial charge in [0.15, 0.2) is 6.29 Å². The molecule has 0 aliphatic heterocycles. The summed E-state index contributed by atoms with van der Waals surface area (Å²) in [5, 5.41) is 0. The lowest BCUT2D eigenvalue weighted by Gasteiger charge is -2.00. The van der Waals surface area contributed by atoms with Gasteiger partial charge in [-0.15, -0.1) is 0 Å². The molecular weight excluding hydrogens is 336 g/mol. The van der Waals surface area contributed by atoms with Gasteiger partial charge in [-0.2, -0.15) is 0 Å². The second-order valence-electron chi connectivity index (χ2n) is 3.78. The van der Waals surface area contributed by atoms with Crippen LogP contribution in [0, 0.1) is 0 Å². The van der Waals surface area contributed by atoms with Crippen LogP contribution in [0.2, 0.25) is 0 Å². The lowest BCUT2D eigenvalue weighted by atomic mass is 10.3. The van der Waals surface area contributed by atoms with Gasteiger partial charge in [0.1, 0.15) is 11.5 Å². The first-order chi connectivity index (χ1) is 10.2. The molecule has 0 aliphatic rings. The molecule has 0 aromatic carbocycles. The van der Waals surface area contributed by atoms with Crippen molar-refractivity contribution >= 4 is 22.2 Å². The first-order valence-corrected chi connectivity index (χ1v) is 7.25. The summed E-state index contributed by atoms with van der Waals surface area (Å²) >= 11 is 3.29. The van der Waals surface area contributed by atoms with Crippen molar-refractivity contribution in [2.24, 2.45) is 0 Å². The highest BCUT2D eigenvalue weighted by Gasteiger charge is 1.94.